The van der Waals surface area contributed by atoms with E-state index < -0.39 is 0 Å². The van der Waals surface area contributed by atoms with Crippen LogP contribution in [0.3, 0.4) is 0 Å². The first-order chi connectivity index (χ1) is 10.7. The van der Waals surface area contributed by atoms with Crippen LogP contribution < -0.4 is 5.32 Å². The van der Waals surface area contributed by atoms with Gasteiger partial charge in [-0.25, -0.2) is 0 Å². The van der Waals surface area contributed by atoms with Gasteiger partial charge in [0.2, 0.25) is 0 Å². The van der Waals surface area contributed by atoms with Crippen LogP contribution in [-0.2, 0) is 0 Å². The van der Waals surface area contributed by atoms with E-state index in [-0.39, 0.29) is 0 Å². The maximum atomic E-state index is 4.35. The van der Waals surface area contributed by atoms with Crippen LogP contribution in [0.25, 0.3) is 5.57 Å². The summed E-state index contributed by atoms with van der Waals surface area (Å²) in [6.45, 7) is 8.75. The van der Waals surface area contributed by atoms with Crippen molar-refractivity contribution in [1.82, 2.24) is 5.32 Å². The van der Waals surface area contributed by atoms with Crippen LogP contribution >= 0.6 is 0 Å². The Balaban J connectivity index is 2.37. The average molecular weight is 295 g/mol. The molecule has 0 saturated heterocycles. The summed E-state index contributed by atoms with van der Waals surface area (Å²) in [5.41, 5.74) is 6.60. The summed E-state index contributed by atoms with van der Waals surface area (Å²) in [6.07, 6.45) is 10.9. The Labute approximate surface area is 135 Å². The summed E-state index contributed by atoms with van der Waals surface area (Å²) in [5.74, 6) is 0.695. The lowest BCUT2D eigenvalue weighted by atomic mass is 9.87. The molecule has 1 aliphatic carbocycles. The van der Waals surface area contributed by atoms with Crippen molar-refractivity contribution in [3.63, 3.8) is 0 Å². The average Bonchev–Trinajstić information content (AvgIpc) is 3.05. The molecule has 1 nitrogen and oxygen atoms in total. The van der Waals surface area contributed by atoms with E-state index in [4.69, 9.17) is 0 Å². The maximum absolute atomic E-state index is 4.35. The van der Waals surface area contributed by atoms with Crippen molar-refractivity contribution in [3.05, 3.63) is 65.4 Å². The van der Waals surface area contributed by atoms with Crippen molar-refractivity contribution in [2.75, 3.05) is 7.05 Å². The van der Waals surface area contributed by atoms with Gasteiger partial charge in [-0.05, 0) is 66.2 Å². The molecule has 0 aliphatic heterocycles. The quantitative estimate of drug-likeness (QED) is 0.670. The second-order valence-electron chi connectivity index (χ2n) is 6.23. The van der Waals surface area contributed by atoms with Gasteiger partial charge in [0.25, 0.3) is 0 Å². The Bertz CT molecular complexity index is 571. The van der Waals surface area contributed by atoms with E-state index in [0.29, 0.717) is 5.92 Å². The van der Waals surface area contributed by atoms with E-state index in [9.17, 15) is 0 Å². The fraction of sp³-hybridized carbons (Fsp3) is 0.429. The molecule has 0 heterocycles. The van der Waals surface area contributed by atoms with Crippen LogP contribution in [0.15, 0.2) is 54.3 Å². The lowest BCUT2D eigenvalue weighted by Gasteiger charge is -2.19. The van der Waals surface area contributed by atoms with Crippen LogP contribution in [-0.4, -0.2) is 7.05 Å². The highest BCUT2D eigenvalue weighted by Gasteiger charge is 2.21. The van der Waals surface area contributed by atoms with E-state index in [0.717, 1.165) is 12.0 Å². The zero-order valence-electron chi connectivity index (χ0n) is 14.3. The topological polar surface area (TPSA) is 12.0 Å². The molecule has 118 valence electrons. The van der Waals surface area contributed by atoms with Gasteiger partial charge in [-0.15, -0.1) is 0 Å². The lowest BCUT2D eigenvalue weighted by Crippen LogP contribution is -2.06. The second kappa shape index (κ2) is 8.03. The van der Waals surface area contributed by atoms with Gasteiger partial charge in [0, 0.05) is 7.05 Å². The standard InChI is InChI=1S/C21H29N/c1-5-18(15-22-4)21(19-11-7-8-12-19)14-17(3)20-13-9-6-10-16(20)2/h6,9-10,13-15,19,22H,3,5,7-8,11-12H2,1-2,4H3/b18-15-,21-14+. The van der Waals surface area contributed by atoms with Gasteiger partial charge in [-0.1, -0.05) is 56.7 Å². The third-order valence-electron chi connectivity index (χ3n) is 4.69. The number of hydrogen-bond donors (Lipinski definition) is 1. The molecule has 1 aliphatic rings. The highest BCUT2D eigenvalue weighted by Crippen LogP contribution is 2.37. The molecule has 2 rings (SSSR count). The molecule has 0 atom stereocenters. The molecule has 1 heteroatoms. The largest absolute Gasteiger partial charge is 0.394 e. The number of benzene rings is 1. The van der Waals surface area contributed by atoms with Crippen LogP contribution in [0.5, 0.6) is 0 Å². The molecule has 22 heavy (non-hydrogen) atoms. The first-order valence-corrected chi connectivity index (χ1v) is 8.50. The van der Waals surface area contributed by atoms with Gasteiger partial charge in [-0.3, -0.25) is 0 Å². The molecular formula is C21H29N. The first kappa shape index (κ1) is 16.6. The molecule has 0 spiro atoms. The smallest absolute Gasteiger partial charge is 0.00278 e. The van der Waals surface area contributed by atoms with Crippen LogP contribution in [0.1, 0.15) is 50.2 Å². The van der Waals surface area contributed by atoms with Crippen LogP contribution in [0.4, 0.5) is 0 Å². The van der Waals surface area contributed by atoms with Gasteiger partial charge in [0.1, 0.15) is 0 Å². The Hall–Kier alpha value is -1.76. The van der Waals surface area contributed by atoms with E-state index in [1.54, 1.807) is 0 Å². The molecule has 0 unspecified atom stereocenters. The highest BCUT2D eigenvalue weighted by atomic mass is 14.8. The minimum absolute atomic E-state index is 0.695. The molecule has 1 saturated carbocycles. The Morgan fingerprint density at radius 2 is 1.95 bits per heavy atom. The van der Waals surface area contributed by atoms with Crippen molar-refractivity contribution in [2.45, 2.75) is 46.0 Å². The van der Waals surface area contributed by atoms with Gasteiger partial charge in [-0.2, -0.15) is 0 Å². The van der Waals surface area contributed by atoms with Crippen molar-refractivity contribution in [3.8, 4) is 0 Å². The number of aryl methyl sites for hydroxylation is 1. The summed E-state index contributed by atoms with van der Waals surface area (Å²) in [6, 6.07) is 8.52. The predicted octanol–water partition coefficient (Wildman–Crippen LogP) is 5.64. The molecule has 1 aromatic rings. The van der Waals surface area contributed by atoms with E-state index in [1.165, 1.54) is 48.0 Å². The lowest BCUT2D eigenvalue weighted by molar-refractivity contribution is 0.643. The molecular weight excluding hydrogens is 266 g/mol. The number of allylic oxidation sites excluding steroid dienone is 4. The molecule has 0 bridgehead atoms. The Morgan fingerprint density at radius 3 is 2.55 bits per heavy atom. The van der Waals surface area contributed by atoms with Gasteiger partial charge in [0.05, 0.1) is 0 Å². The minimum atomic E-state index is 0.695. The third-order valence-corrected chi connectivity index (χ3v) is 4.69. The fourth-order valence-corrected chi connectivity index (χ4v) is 3.47. The van der Waals surface area contributed by atoms with Crippen LogP contribution in [0, 0.1) is 12.8 Å². The summed E-state index contributed by atoms with van der Waals surface area (Å²) >= 11 is 0. The molecule has 1 aromatic carbocycles. The van der Waals surface area contributed by atoms with Crippen molar-refractivity contribution >= 4 is 5.57 Å². The summed E-state index contributed by atoms with van der Waals surface area (Å²) in [4.78, 5) is 0. The van der Waals surface area contributed by atoms with E-state index in [2.05, 4.69) is 62.3 Å². The minimum Gasteiger partial charge on any atom is -0.394 e. The summed E-state index contributed by atoms with van der Waals surface area (Å²) in [5, 5.41) is 3.21. The van der Waals surface area contributed by atoms with E-state index in [1.807, 2.05) is 7.05 Å². The van der Waals surface area contributed by atoms with Gasteiger partial charge < -0.3 is 5.32 Å². The maximum Gasteiger partial charge on any atom is 0.00278 e. The number of rotatable bonds is 6. The zero-order chi connectivity index (χ0) is 15.9. The monoisotopic (exact) mass is 295 g/mol. The van der Waals surface area contributed by atoms with Crippen LogP contribution in [0.2, 0.25) is 0 Å². The SMILES string of the molecule is C=C(/C=C(\C(=C/NC)CC)C1CCCC1)c1ccccc1C. The molecule has 0 aromatic heterocycles. The predicted molar refractivity (Wildman–Crippen MR) is 97.7 cm³/mol. The zero-order valence-corrected chi connectivity index (χ0v) is 14.3. The molecule has 0 amide bonds. The Morgan fingerprint density at radius 1 is 1.27 bits per heavy atom. The normalized spacial score (nSPS) is 16.9. The first-order valence-electron chi connectivity index (χ1n) is 8.50. The highest BCUT2D eigenvalue weighted by molar-refractivity contribution is 5.75. The third kappa shape index (κ3) is 3.91. The van der Waals surface area contributed by atoms with Crippen molar-refractivity contribution in [2.24, 2.45) is 5.92 Å². The van der Waals surface area contributed by atoms with Gasteiger partial charge >= 0.3 is 0 Å². The number of hydrogen-bond acceptors (Lipinski definition) is 1. The fourth-order valence-electron chi connectivity index (χ4n) is 3.47. The van der Waals surface area contributed by atoms with Gasteiger partial charge in [0.15, 0.2) is 0 Å². The van der Waals surface area contributed by atoms with Crippen molar-refractivity contribution < 1.29 is 0 Å². The molecule has 1 N–H and O–H groups in total. The molecule has 1 fully saturated rings. The molecule has 0 radical (unpaired) electrons. The second-order valence-corrected chi connectivity index (χ2v) is 6.23. The number of nitrogens with one attached hydrogen (secondary N) is 1. The van der Waals surface area contributed by atoms with E-state index >= 15 is 0 Å². The Kier molecular flexibility index (Phi) is 6.06. The summed E-state index contributed by atoms with van der Waals surface area (Å²) < 4.78 is 0. The summed E-state index contributed by atoms with van der Waals surface area (Å²) in [7, 11) is 1.98. The van der Waals surface area contributed by atoms with Crippen molar-refractivity contribution in [1.29, 1.82) is 0 Å².